The molecule has 0 amide bonds. The van der Waals surface area contributed by atoms with Crippen LogP contribution >= 0.6 is 0 Å². The normalized spacial score (nSPS) is 14.5. The predicted octanol–water partition coefficient (Wildman–Crippen LogP) is 9.09. The Bertz CT molecular complexity index is 592. The maximum atomic E-state index is 5.70. The number of benzene rings is 1. The van der Waals surface area contributed by atoms with Gasteiger partial charge in [0.05, 0.1) is 0 Å². The second-order valence-corrected chi connectivity index (χ2v) is 8.49. The van der Waals surface area contributed by atoms with Crippen LogP contribution in [0.2, 0.25) is 0 Å². The molecule has 0 heterocycles. The number of rotatable bonds is 13. The van der Waals surface area contributed by atoms with Gasteiger partial charge in [0.1, 0.15) is 0 Å². The van der Waals surface area contributed by atoms with Gasteiger partial charge in [-0.2, -0.15) is 0 Å². The van der Waals surface area contributed by atoms with Crippen LogP contribution in [-0.2, 0) is 4.74 Å². The fraction of sp³-hybridized carbons (Fsp3) is 0.643. The first kappa shape index (κ1) is 25.7. The van der Waals surface area contributed by atoms with Gasteiger partial charge >= 0.3 is 0 Å². The zero-order valence-corrected chi connectivity index (χ0v) is 19.9. The molecule has 0 unspecified atom stereocenters. The van der Waals surface area contributed by atoms with Crippen LogP contribution in [0.1, 0.15) is 110 Å². The second kappa shape index (κ2) is 16.5. The molecule has 1 nitrogen and oxygen atoms in total. The van der Waals surface area contributed by atoms with Gasteiger partial charge in [-0.05, 0) is 74.3 Å². The summed E-state index contributed by atoms with van der Waals surface area (Å²) in [4.78, 5) is 0. The third kappa shape index (κ3) is 12.7. The van der Waals surface area contributed by atoms with E-state index in [1.165, 1.54) is 73.6 Å². The zero-order valence-electron chi connectivity index (χ0n) is 19.9. The highest BCUT2D eigenvalue weighted by Crippen LogP contribution is 2.33. The minimum absolute atomic E-state index is 0.883. The van der Waals surface area contributed by atoms with E-state index in [1.54, 1.807) is 0 Å². The molecule has 0 saturated heterocycles. The minimum Gasteiger partial charge on any atom is -0.381 e. The molecule has 1 aromatic rings. The lowest BCUT2D eigenvalue weighted by atomic mass is 10.00. The van der Waals surface area contributed by atoms with E-state index in [-0.39, 0.29) is 0 Å². The SMILES string of the molecule is C/C=C(\C)c1cccc(/C(C)=C/CCCOCCCCCC)c1.CCCC1CC1. The molecule has 1 saturated carbocycles. The molecule has 1 aliphatic rings. The largest absolute Gasteiger partial charge is 0.381 e. The third-order valence-corrected chi connectivity index (χ3v) is 5.69. The molecule has 164 valence electrons. The molecular formula is C28H46O. The van der Waals surface area contributed by atoms with Crippen molar-refractivity contribution in [3.63, 3.8) is 0 Å². The fourth-order valence-corrected chi connectivity index (χ4v) is 3.35. The Hall–Kier alpha value is -1.34. The molecule has 1 heteroatoms. The number of hydrogen-bond donors (Lipinski definition) is 0. The summed E-state index contributed by atoms with van der Waals surface area (Å²) in [7, 11) is 0. The van der Waals surface area contributed by atoms with Gasteiger partial charge in [-0.1, -0.05) is 89.1 Å². The van der Waals surface area contributed by atoms with Gasteiger partial charge in [0.15, 0.2) is 0 Å². The van der Waals surface area contributed by atoms with E-state index in [2.05, 4.69) is 71.0 Å². The van der Waals surface area contributed by atoms with Crippen LogP contribution in [0.4, 0.5) is 0 Å². The van der Waals surface area contributed by atoms with Crippen LogP contribution < -0.4 is 0 Å². The summed E-state index contributed by atoms with van der Waals surface area (Å²) in [5, 5.41) is 0. The first-order valence-corrected chi connectivity index (χ1v) is 12.1. The molecule has 2 rings (SSSR count). The summed E-state index contributed by atoms with van der Waals surface area (Å²) >= 11 is 0. The van der Waals surface area contributed by atoms with Crippen LogP contribution in [0.5, 0.6) is 0 Å². The average molecular weight is 399 g/mol. The van der Waals surface area contributed by atoms with Crippen molar-refractivity contribution in [2.45, 2.75) is 98.8 Å². The molecule has 1 aromatic carbocycles. The van der Waals surface area contributed by atoms with Crippen molar-refractivity contribution in [3.8, 4) is 0 Å². The lowest BCUT2D eigenvalue weighted by Gasteiger charge is -2.07. The van der Waals surface area contributed by atoms with Crippen molar-refractivity contribution in [1.82, 2.24) is 0 Å². The van der Waals surface area contributed by atoms with Gasteiger partial charge in [-0.3, -0.25) is 0 Å². The molecule has 0 N–H and O–H groups in total. The van der Waals surface area contributed by atoms with Crippen LogP contribution in [0.15, 0.2) is 36.4 Å². The summed E-state index contributed by atoms with van der Waals surface area (Å²) in [5.41, 5.74) is 5.33. The number of unbranched alkanes of at least 4 members (excludes halogenated alkanes) is 4. The molecule has 1 aliphatic carbocycles. The van der Waals surface area contributed by atoms with Crippen molar-refractivity contribution >= 4 is 11.1 Å². The van der Waals surface area contributed by atoms with Gasteiger partial charge in [0.25, 0.3) is 0 Å². The standard InChI is InChI=1S/C22H34O.C6H12/c1-5-7-8-10-16-23-17-11-9-13-20(4)22-15-12-14-21(18-22)19(3)6-2;1-2-3-6-4-5-6/h6,12-15,18H,5,7-11,16-17H2,1-4H3;6H,2-5H2,1H3/b19-6+,20-13+;. The van der Waals surface area contributed by atoms with E-state index in [0.29, 0.717) is 0 Å². The highest BCUT2D eigenvalue weighted by molar-refractivity contribution is 5.70. The van der Waals surface area contributed by atoms with E-state index in [1.807, 2.05) is 0 Å². The van der Waals surface area contributed by atoms with E-state index >= 15 is 0 Å². The van der Waals surface area contributed by atoms with Crippen molar-refractivity contribution < 1.29 is 4.74 Å². The highest BCUT2D eigenvalue weighted by Gasteiger charge is 2.18. The number of ether oxygens (including phenoxy) is 1. The average Bonchev–Trinajstić information content (AvgIpc) is 3.57. The Kier molecular flexibility index (Phi) is 14.6. The second-order valence-electron chi connectivity index (χ2n) is 8.49. The monoisotopic (exact) mass is 398 g/mol. The molecule has 0 radical (unpaired) electrons. The van der Waals surface area contributed by atoms with Crippen LogP contribution in [0.25, 0.3) is 11.1 Å². The maximum absolute atomic E-state index is 5.70. The molecular weight excluding hydrogens is 352 g/mol. The first-order valence-electron chi connectivity index (χ1n) is 12.1. The summed E-state index contributed by atoms with van der Waals surface area (Å²) in [6.45, 7) is 12.8. The molecule has 0 spiro atoms. The van der Waals surface area contributed by atoms with Gasteiger partial charge in [-0.25, -0.2) is 0 Å². The van der Waals surface area contributed by atoms with Crippen molar-refractivity contribution in [1.29, 1.82) is 0 Å². The fourth-order valence-electron chi connectivity index (χ4n) is 3.35. The zero-order chi connectivity index (χ0) is 21.3. The summed E-state index contributed by atoms with van der Waals surface area (Å²) in [5.74, 6) is 1.15. The van der Waals surface area contributed by atoms with Crippen molar-refractivity contribution in [2.24, 2.45) is 5.92 Å². The topological polar surface area (TPSA) is 9.23 Å². The predicted molar refractivity (Wildman–Crippen MR) is 131 cm³/mol. The molecule has 0 atom stereocenters. The first-order chi connectivity index (χ1) is 14.1. The molecule has 29 heavy (non-hydrogen) atoms. The van der Waals surface area contributed by atoms with E-state index in [9.17, 15) is 0 Å². The molecule has 0 bridgehead atoms. The van der Waals surface area contributed by atoms with Crippen LogP contribution in [0.3, 0.4) is 0 Å². The summed E-state index contributed by atoms with van der Waals surface area (Å²) in [6.07, 6.45) is 17.8. The molecule has 0 aliphatic heterocycles. The van der Waals surface area contributed by atoms with Crippen molar-refractivity contribution in [3.05, 3.63) is 47.5 Å². The Morgan fingerprint density at radius 3 is 2.21 bits per heavy atom. The highest BCUT2D eigenvalue weighted by atomic mass is 16.5. The number of allylic oxidation sites excluding steroid dienone is 4. The van der Waals surface area contributed by atoms with Gasteiger partial charge in [0.2, 0.25) is 0 Å². The molecule has 1 fully saturated rings. The Morgan fingerprint density at radius 1 is 0.931 bits per heavy atom. The lowest BCUT2D eigenvalue weighted by molar-refractivity contribution is 0.128. The van der Waals surface area contributed by atoms with Gasteiger partial charge in [-0.15, -0.1) is 0 Å². The van der Waals surface area contributed by atoms with Gasteiger partial charge < -0.3 is 4.74 Å². The van der Waals surface area contributed by atoms with E-state index in [0.717, 1.165) is 32.0 Å². The third-order valence-electron chi connectivity index (χ3n) is 5.69. The van der Waals surface area contributed by atoms with Crippen LogP contribution in [-0.4, -0.2) is 13.2 Å². The summed E-state index contributed by atoms with van der Waals surface area (Å²) < 4.78 is 5.70. The van der Waals surface area contributed by atoms with E-state index in [4.69, 9.17) is 4.74 Å². The Morgan fingerprint density at radius 2 is 1.62 bits per heavy atom. The van der Waals surface area contributed by atoms with Crippen molar-refractivity contribution in [2.75, 3.05) is 13.2 Å². The Labute approximate surface area is 181 Å². The quantitative estimate of drug-likeness (QED) is 0.301. The van der Waals surface area contributed by atoms with Crippen LogP contribution in [0, 0.1) is 5.92 Å². The summed E-state index contributed by atoms with van der Waals surface area (Å²) in [6, 6.07) is 8.81. The number of hydrogen-bond acceptors (Lipinski definition) is 1. The van der Waals surface area contributed by atoms with E-state index < -0.39 is 0 Å². The lowest BCUT2D eigenvalue weighted by Crippen LogP contribution is -1.96. The minimum atomic E-state index is 0.883. The Balaban J connectivity index is 0.000000594. The maximum Gasteiger partial charge on any atom is 0.0468 e. The molecule has 0 aromatic heterocycles. The smallest absolute Gasteiger partial charge is 0.0468 e. The van der Waals surface area contributed by atoms with Gasteiger partial charge in [0, 0.05) is 13.2 Å².